The molecule has 1 saturated carbocycles. The van der Waals surface area contributed by atoms with Crippen LogP contribution in [-0.4, -0.2) is 4.98 Å². The van der Waals surface area contributed by atoms with Crippen molar-refractivity contribution in [3.8, 4) is 11.1 Å². The molecule has 2 unspecified atom stereocenters. The number of rotatable bonds is 1. The predicted molar refractivity (Wildman–Crippen MR) is 90.4 cm³/mol. The van der Waals surface area contributed by atoms with Gasteiger partial charge in [0, 0.05) is 22.9 Å². The molecule has 0 saturated heterocycles. The Kier molecular flexibility index (Phi) is 2.11. The average Bonchev–Trinajstić information content (AvgIpc) is 3.17. The van der Waals surface area contributed by atoms with Gasteiger partial charge in [-0.1, -0.05) is 54.1 Å². The van der Waals surface area contributed by atoms with Crippen LogP contribution in [0.25, 0.3) is 34.2 Å². The summed E-state index contributed by atoms with van der Waals surface area (Å²) in [5, 5.41) is 4.10. The van der Waals surface area contributed by atoms with Gasteiger partial charge in [-0.25, -0.2) is 0 Å². The van der Waals surface area contributed by atoms with Crippen LogP contribution in [-0.2, 0) is 0 Å². The van der Waals surface area contributed by atoms with Crippen LogP contribution in [0, 0.1) is 18.8 Å². The molecule has 1 heteroatoms. The SMILES string of the molecule is Cc1ccc(-c2ccc3c4c([nH]c3c2)=CC2CC2C=4)cc1.[HH]. The molecule has 0 spiro atoms. The third-order valence-electron chi connectivity index (χ3n) is 4.91. The quantitative estimate of drug-likeness (QED) is 0.697. The Balaban J connectivity index is 0.00000125. The smallest absolute Gasteiger partial charge is 0.0470 e. The van der Waals surface area contributed by atoms with Crippen molar-refractivity contribution in [1.29, 1.82) is 0 Å². The van der Waals surface area contributed by atoms with Crippen molar-refractivity contribution in [2.75, 3.05) is 0 Å². The van der Waals surface area contributed by atoms with E-state index in [9.17, 15) is 0 Å². The zero-order valence-corrected chi connectivity index (χ0v) is 12.1. The number of hydrogen-bond acceptors (Lipinski definition) is 0. The van der Waals surface area contributed by atoms with Crippen molar-refractivity contribution < 1.29 is 1.43 Å². The second-order valence-electron chi connectivity index (χ2n) is 6.48. The van der Waals surface area contributed by atoms with Crippen molar-refractivity contribution >= 4 is 23.1 Å². The standard InChI is InChI=1S/C20H17N.H2/c1-12-2-4-13(5-3-12)14-6-7-17-18-9-15-8-16(15)11-20(18)21-19(17)10-14;/h2-7,9-11,15-16,21H,8H2,1H3;1H. The van der Waals surface area contributed by atoms with Gasteiger partial charge in [-0.2, -0.15) is 0 Å². The van der Waals surface area contributed by atoms with Crippen molar-refractivity contribution in [3.05, 3.63) is 58.6 Å². The van der Waals surface area contributed by atoms with E-state index < -0.39 is 0 Å². The summed E-state index contributed by atoms with van der Waals surface area (Å²) in [5.74, 6) is 1.59. The van der Waals surface area contributed by atoms with E-state index in [2.05, 4.69) is 66.5 Å². The third kappa shape index (κ3) is 1.70. The van der Waals surface area contributed by atoms with Gasteiger partial charge in [0.25, 0.3) is 0 Å². The Morgan fingerprint density at radius 1 is 0.952 bits per heavy atom. The number of aryl methyl sites for hydroxylation is 1. The highest BCUT2D eigenvalue weighted by molar-refractivity contribution is 5.86. The molecule has 2 atom stereocenters. The predicted octanol–water partition coefficient (Wildman–Crippen LogP) is 3.60. The summed E-state index contributed by atoms with van der Waals surface area (Å²) in [7, 11) is 0. The van der Waals surface area contributed by atoms with Crippen LogP contribution in [0.1, 0.15) is 13.4 Å². The normalized spacial score (nSPS) is 22.1. The summed E-state index contributed by atoms with van der Waals surface area (Å²) in [6.07, 6.45) is 6.22. The first kappa shape index (κ1) is 11.4. The van der Waals surface area contributed by atoms with E-state index in [-0.39, 0.29) is 1.43 Å². The fourth-order valence-electron chi connectivity index (χ4n) is 3.52. The lowest BCUT2D eigenvalue weighted by atomic mass is 10.0. The maximum absolute atomic E-state index is 3.61. The van der Waals surface area contributed by atoms with Gasteiger partial charge in [0.05, 0.1) is 0 Å². The minimum absolute atomic E-state index is 0. The first-order chi connectivity index (χ1) is 10.3. The van der Waals surface area contributed by atoms with Gasteiger partial charge in [0.15, 0.2) is 0 Å². The summed E-state index contributed by atoms with van der Waals surface area (Å²) in [6, 6.07) is 15.6. The molecular weight excluding hydrogens is 254 g/mol. The number of aromatic nitrogens is 1. The molecule has 0 bridgehead atoms. The molecule has 104 valence electrons. The Morgan fingerprint density at radius 2 is 1.71 bits per heavy atom. The van der Waals surface area contributed by atoms with E-state index in [4.69, 9.17) is 0 Å². The fraction of sp³-hybridized carbons (Fsp3) is 0.200. The molecule has 1 nitrogen and oxygen atoms in total. The van der Waals surface area contributed by atoms with Crippen LogP contribution in [0.3, 0.4) is 0 Å². The van der Waals surface area contributed by atoms with Crippen LogP contribution in [0.15, 0.2) is 42.5 Å². The Labute approximate surface area is 125 Å². The molecule has 0 amide bonds. The number of aromatic amines is 1. The van der Waals surface area contributed by atoms with Gasteiger partial charge in [0.1, 0.15) is 0 Å². The molecule has 3 aromatic rings. The largest absolute Gasteiger partial charge is 0.355 e. The molecule has 2 aromatic carbocycles. The van der Waals surface area contributed by atoms with E-state index in [1.54, 1.807) is 0 Å². The lowest BCUT2D eigenvalue weighted by molar-refractivity contribution is 1.05. The van der Waals surface area contributed by atoms with Crippen LogP contribution < -0.4 is 10.6 Å². The van der Waals surface area contributed by atoms with E-state index in [1.165, 1.54) is 44.6 Å². The van der Waals surface area contributed by atoms with Crippen molar-refractivity contribution in [2.24, 2.45) is 11.8 Å². The number of benzene rings is 2. The second kappa shape index (κ2) is 3.88. The van der Waals surface area contributed by atoms with Crippen molar-refractivity contribution in [3.63, 3.8) is 0 Å². The highest BCUT2D eigenvalue weighted by Crippen LogP contribution is 2.42. The van der Waals surface area contributed by atoms with Crippen LogP contribution in [0.5, 0.6) is 0 Å². The van der Waals surface area contributed by atoms with Gasteiger partial charge in [0.2, 0.25) is 0 Å². The summed E-state index contributed by atoms with van der Waals surface area (Å²) < 4.78 is 0. The number of H-pyrrole nitrogens is 1. The Bertz CT molecular complexity index is 979. The summed E-state index contributed by atoms with van der Waals surface area (Å²) >= 11 is 0. The minimum Gasteiger partial charge on any atom is -0.355 e. The zero-order chi connectivity index (χ0) is 14.0. The average molecular weight is 273 g/mol. The Morgan fingerprint density at radius 3 is 2.57 bits per heavy atom. The molecule has 0 radical (unpaired) electrons. The fourth-order valence-corrected chi connectivity index (χ4v) is 3.52. The Hall–Kier alpha value is -2.28. The molecular formula is C20H19N. The number of nitrogens with one attached hydrogen (secondary N) is 1. The third-order valence-corrected chi connectivity index (χ3v) is 4.91. The lowest BCUT2D eigenvalue weighted by Gasteiger charge is -2.02. The summed E-state index contributed by atoms with van der Waals surface area (Å²) in [5.41, 5.74) is 5.13. The van der Waals surface area contributed by atoms with Gasteiger partial charge in [-0.3, -0.25) is 0 Å². The molecule has 1 heterocycles. The first-order valence-electron chi connectivity index (χ1n) is 7.70. The molecule has 1 aromatic heterocycles. The molecule has 5 rings (SSSR count). The minimum atomic E-state index is 0. The number of hydrogen-bond donors (Lipinski definition) is 1. The monoisotopic (exact) mass is 273 g/mol. The highest BCUT2D eigenvalue weighted by Gasteiger charge is 2.35. The van der Waals surface area contributed by atoms with Crippen molar-refractivity contribution in [1.82, 2.24) is 4.98 Å². The topological polar surface area (TPSA) is 15.8 Å². The second-order valence-corrected chi connectivity index (χ2v) is 6.48. The summed E-state index contributed by atoms with van der Waals surface area (Å²) in [4.78, 5) is 3.61. The maximum atomic E-state index is 3.61. The molecule has 1 fully saturated rings. The van der Waals surface area contributed by atoms with Gasteiger partial charge in [-0.15, -0.1) is 0 Å². The summed E-state index contributed by atoms with van der Waals surface area (Å²) in [6.45, 7) is 2.13. The van der Waals surface area contributed by atoms with Crippen molar-refractivity contribution in [2.45, 2.75) is 13.3 Å². The highest BCUT2D eigenvalue weighted by atomic mass is 14.7. The van der Waals surface area contributed by atoms with Crippen LogP contribution >= 0.6 is 0 Å². The molecule has 0 aliphatic heterocycles. The van der Waals surface area contributed by atoms with Crippen LogP contribution in [0.2, 0.25) is 0 Å². The first-order valence-corrected chi connectivity index (χ1v) is 7.70. The van der Waals surface area contributed by atoms with Crippen LogP contribution in [0.4, 0.5) is 0 Å². The number of fused-ring (bicyclic) bond motifs is 4. The zero-order valence-electron chi connectivity index (χ0n) is 12.1. The van der Waals surface area contributed by atoms with E-state index >= 15 is 0 Å². The van der Waals surface area contributed by atoms with E-state index in [0.717, 1.165) is 11.8 Å². The molecule has 1 N–H and O–H groups in total. The van der Waals surface area contributed by atoms with E-state index in [1.807, 2.05) is 0 Å². The maximum Gasteiger partial charge on any atom is 0.0470 e. The van der Waals surface area contributed by atoms with Gasteiger partial charge < -0.3 is 4.98 Å². The molecule has 2 aliphatic carbocycles. The van der Waals surface area contributed by atoms with Gasteiger partial charge >= 0.3 is 0 Å². The molecule has 2 aliphatic rings. The lowest BCUT2D eigenvalue weighted by Crippen LogP contribution is -2.25. The van der Waals surface area contributed by atoms with E-state index in [0.29, 0.717) is 0 Å². The van der Waals surface area contributed by atoms with Gasteiger partial charge in [-0.05, 0) is 42.4 Å². The molecule has 21 heavy (non-hydrogen) atoms.